The molecular weight excluding hydrogens is 182 g/mol. The predicted octanol–water partition coefficient (Wildman–Crippen LogP) is 4.00. The van der Waals surface area contributed by atoms with Gasteiger partial charge < -0.3 is 4.90 Å². The Morgan fingerprint density at radius 3 is 2.47 bits per heavy atom. The average molecular weight is 209 g/mol. The van der Waals surface area contributed by atoms with Crippen molar-refractivity contribution in [1.82, 2.24) is 4.90 Å². The fourth-order valence-electron chi connectivity index (χ4n) is 2.27. The molecular formula is C14H27N. The van der Waals surface area contributed by atoms with Gasteiger partial charge in [-0.2, -0.15) is 0 Å². The van der Waals surface area contributed by atoms with E-state index in [1.807, 2.05) is 0 Å². The second kappa shape index (κ2) is 7.92. The van der Waals surface area contributed by atoms with Crippen molar-refractivity contribution >= 4 is 0 Å². The van der Waals surface area contributed by atoms with Crippen LogP contribution in [0.15, 0.2) is 12.2 Å². The molecule has 1 aliphatic rings. The zero-order valence-electron chi connectivity index (χ0n) is 10.5. The number of rotatable bonds is 2. The van der Waals surface area contributed by atoms with Crippen molar-refractivity contribution < 1.29 is 0 Å². The summed E-state index contributed by atoms with van der Waals surface area (Å²) in [6.45, 7) is 3.41. The number of hydrogen-bond donors (Lipinski definition) is 0. The van der Waals surface area contributed by atoms with Crippen molar-refractivity contribution in [3.05, 3.63) is 12.2 Å². The van der Waals surface area contributed by atoms with Crippen molar-refractivity contribution in [1.29, 1.82) is 0 Å². The number of nitrogens with zero attached hydrogens (tertiary/aromatic N) is 1. The molecule has 0 spiro atoms. The highest BCUT2D eigenvalue weighted by Crippen LogP contribution is 2.15. The lowest BCUT2D eigenvalue weighted by molar-refractivity contribution is 0.278. The van der Waals surface area contributed by atoms with E-state index < -0.39 is 0 Å². The maximum Gasteiger partial charge on any atom is 0.0275 e. The summed E-state index contributed by atoms with van der Waals surface area (Å²) in [6, 6.07) is 0.688. The Morgan fingerprint density at radius 2 is 1.73 bits per heavy atom. The van der Waals surface area contributed by atoms with E-state index >= 15 is 0 Å². The summed E-state index contributed by atoms with van der Waals surface area (Å²) < 4.78 is 0. The topological polar surface area (TPSA) is 3.24 Å². The summed E-state index contributed by atoms with van der Waals surface area (Å²) in [5.41, 5.74) is 0. The molecule has 0 amide bonds. The minimum atomic E-state index is 0.688. The summed E-state index contributed by atoms with van der Waals surface area (Å²) in [5, 5.41) is 0. The molecule has 0 radical (unpaired) electrons. The van der Waals surface area contributed by atoms with Gasteiger partial charge in [0, 0.05) is 6.04 Å². The van der Waals surface area contributed by atoms with Gasteiger partial charge in [0.2, 0.25) is 0 Å². The molecule has 0 fully saturated rings. The summed E-state index contributed by atoms with van der Waals surface area (Å²) in [6.07, 6.45) is 16.0. The molecule has 1 unspecified atom stereocenters. The Hall–Kier alpha value is -0.300. The zero-order chi connectivity index (χ0) is 10.9. The van der Waals surface area contributed by atoms with Crippen LogP contribution in [-0.2, 0) is 0 Å². The summed E-state index contributed by atoms with van der Waals surface area (Å²) in [4.78, 5) is 2.47. The van der Waals surface area contributed by atoms with Crippen molar-refractivity contribution in [2.24, 2.45) is 0 Å². The first-order valence-electron chi connectivity index (χ1n) is 6.71. The Balaban J connectivity index is 2.42. The van der Waals surface area contributed by atoms with Gasteiger partial charge in [-0.05, 0) is 32.9 Å². The second-order valence-corrected chi connectivity index (χ2v) is 4.77. The third-order valence-corrected chi connectivity index (χ3v) is 3.54. The van der Waals surface area contributed by atoms with Gasteiger partial charge in [0.25, 0.3) is 0 Å². The Kier molecular flexibility index (Phi) is 6.74. The summed E-state index contributed by atoms with van der Waals surface area (Å²) in [5.74, 6) is 0. The first kappa shape index (κ1) is 12.8. The molecule has 1 atom stereocenters. The van der Waals surface area contributed by atoms with Crippen LogP contribution in [0.2, 0.25) is 0 Å². The van der Waals surface area contributed by atoms with Gasteiger partial charge in [-0.3, -0.25) is 0 Å². The maximum absolute atomic E-state index is 2.47. The molecule has 1 aliphatic carbocycles. The molecule has 1 nitrogen and oxygen atoms in total. The van der Waals surface area contributed by atoms with Crippen LogP contribution in [0.25, 0.3) is 0 Å². The molecule has 1 heteroatoms. The smallest absolute Gasteiger partial charge is 0.0275 e. The standard InChI is InChI=1S/C14H27N/c1-3-15(2)14-12-10-8-6-4-5-7-9-11-13-14/h10,12,14H,3-9,11,13H2,1-2H3/b12-10-. The van der Waals surface area contributed by atoms with Crippen LogP contribution in [0.5, 0.6) is 0 Å². The van der Waals surface area contributed by atoms with E-state index in [1.54, 1.807) is 0 Å². The Morgan fingerprint density at radius 1 is 1.07 bits per heavy atom. The van der Waals surface area contributed by atoms with Gasteiger partial charge in [0.1, 0.15) is 0 Å². The minimum absolute atomic E-state index is 0.688. The number of allylic oxidation sites excluding steroid dienone is 1. The quantitative estimate of drug-likeness (QED) is 0.621. The highest BCUT2D eigenvalue weighted by Gasteiger charge is 2.09. The van der Waals surface area contributed by atoms with Gasteiger partial charge in [-0.15, -0.1) is 0 Å². The third-order valence-electron chi connectivity index (χ3n) is 3.54. The van der Waals surface area contributed by atoms with Crippen LogP contribution in [0.3, 0.4) is 0 Å². The second-order valence-electron chi connectivity index (χ2n) is 4.77. The van der Waals surface area contributed by atoms with Crippen LogP contribution in [0.4, 0.5) is 0 Å². The first-order chi connectivity index (χ1) is 7.34. The monoisotopic (exact) mass is 209 g/mol. The molecule has 88 valence electrons. The summed E-state index contributed by atoms with van der Waals surface area (Å²) in [7, 11) is 2.24. The van der Waals surface area contributed by atoms with E-state index in [0.29, 0.717) is 6.04 Å². The number of hydrogen-bond acceptors (Lipinski definition) is 1. The lowest BCUT2D eigenvalue weighted by Crippen LogP contribution is -2.29. The molecule has 0 N–H and O–H groups in total. The molecule has 0 bridgehead atoms. The van der Waals surface area contributed by atoms with Gasteiger partial charge in [-0.1, -0.05) is 51.2 Å². The van der Waals surface area contributed by atoms with E-state index in [2.05, 4.69) is 31.0 Å². The maximum atomic E-state index is 2.47. The van der Waals surface area contributed by atoms with Crippen LogP contribution in [-0.4, -0.2) is 24.5 Å². The molecule has 0 aromatic carbocycles. The average Bonchev–Trinajstić information content (AvgIpc) is 2.32. The lowest BCUT2D eigenvalue weighted by Gasteiger charge is -2.24. The third kappa shape index (κ3) is 5.36. The SMILES string of the molecule is CCN(C)C1/C=C\CCCCCCCC1. The van der Waals surface area contributed by atoms with E-state index in [0.717, 1.165) is 6.54 Å². The first-order valence-corrected chi connectivity index (χ1v) is 6.71. The largest absolute Gasteiger partial charge is 0.300 e. The summed E-state index contributed by atoms with van der Waals surface area (Å²) >= 11 is 0. The van der Waals surface area contributed by atoms with Crippen molar-refractivity contribution in [2.75, 3.05) is 13.6 Å². The molecule has 0 heterocycles. The molecule has 0 aromatic rings. The van der Waals surface area contributed by atoms with Gasteiger partial charge in [0.15, 0.2) is 0 Å². The van der Waals surface area contributed by atoms with Gasteiger partial charge in [0.05, 0.1) is 0 Å². The molecule has 1 rings (SSSR count). The zero-order valence-corrected chi connectivity index (χ0v) is 10.5. The molecule has 0 saturated heterocycles. The van der Waals surface area contributed by atoms with Gasteiger partial charge >= 0.3 is 0 Å². The lowest BCUT2D eigenvalue weighted by atomic mass is 10.1. The minimum Gasteiger partial charge on any atom is -0.300 e. The van der Waals surface area contributed by atoms with E-state index in [9.17, 15) is 0 Å². The molecule has 0 aromatic heterocycles. The highest BCUT2D eigenvalue weighted by molar-refractivity contribution is 4.93. The van der Waals surface area contributed by atoms with Crippen molar-refractivity contribution in [3.63, 3.8) is 0 Å². The van der Waals surface area contributed by atoms with Crippen LogP contribution in [0, 0.1) is 0 Å². The van der Waals surface area contributed by atoms with E-state index in [4.69, 9.17) is 0 Å². The fraction of sp³-hybridized carbons (Fsp3) is 0.857. The van der Waals surface area contributed by atoms with E-state index in [-0.39, 0.29) is 0 Å². The molecule has 0 aliphatic heterocycles. The Bertz CT molecular complexity index is 174. The predicted molar refractivity (Wildman–Crippen MR) is 68.2 cm³/mol. The van der Waals surface area contributed by atoms with Crippen LogP contribution >= 0.6 is 0 Å². The Labute approximate surface area is 95.5 Å². The highest BCUT2D eigenvalue weighted by atomic mass is 15.1. The van der Waals surface area contributed by atoms with Crippen molar-refractivity contribution in [3.8, 4) is 0 Å². The molecule has 15 heavy (non-hydrogen) atoms. The van der Waals surface area contributed by atoms with Crippen molar-refractivity contribution in [2.45, 2.75) is 64.3 Å². The van der Waals surface area contributed by atoms with Crippen LogP contribution in [0.1, 0.15) is 58.3 Å². The van der Waals surface area contributed by atoms with Gasteiger partial charge in [-0.25, -0.2) is 0 Å². The normalized spacial score (nSPS) is 27.3. The number of likely N-dealkylation sites (N-methyl/N-ethyl adjacent to an activating group) is 1. The fourth-order valence-corrected chi connectivity index (χ4v) is 2.27. The molecule has 0 saturated carbocycles. The van der Waals surface area contributed by atoms with Crippen LogP contribution < -0.4 is 0 Å². The van der Waals surface area contributed by atoms with E-state index in [1.165, 1.54) is 51.4 Å².